The number of nitrogens with one attached hydrogen (secondary N) is 1. The highest BCUT2D eigenvalue weighted by Gasteiger charge is 2.11. The molecule has 1 aromatic rings. The van der Waals surface area contributed by atoms with Crippen LogP contribution in [0.15, 0.2) is 22.7 Å². The zero-order valence-corrected chi connectivity index (χ0v) is 12.1. The van der Waals surface area contributed by atoms with Crippen LogP contribution in [0.25, 0.3) is 0 Å². The van der Waals surface area contributed by atoms with E-state index in [0.29, 0.717) is 5.75 Å². The van der Waals surface area contributed by atoms with Crippen molar-refractivity contribution in [2.24, 2.45) is 0 Å². The van der Waals surface area contributed by atoms with Gasteiger partial charge in [0.15, 0.2) is 5.75 Å². The first kappa shape index (κ1) is 12.8. The lowest BCUT2D eigenvalue weighted by molar-refractivity contribution is 0.197. The minimum absolute atomic E-state index is 0.0673. The lowest BCUT2D eigenvalue weighted by Gasteiger charge is -2.11. The monoisotopic (exact) mass is 383 g/mol. The van der Waals surface area contributed by atoms with Gasteiger partial charge in [-0.05, 0) is 64.5 Å². The highest BCUT2D eigenvalue weighted by Crippen LogP contribution is 2.30. The number of rotatable bonds is 2. The molecule has 82 valence electrons. The van der Waals surface area contributed by atoms with Crippen molar-refractivity contribution in [2.45, 2.75) is 19.9 Å². The number of carbonyl (C=O) groups is 1. The third-order valence-electron chi connectivity index (χ3n) is 1.52. The van der Waals surface area contributed by atoms with E-state index in [0.717, 1.165) is 8.04 Å². The van der Waals surface area contributed by atoms with Crippen LogP contribution in [0.1, 0.15) is 13.8 Å². The SMILES string of the molecule is CC(C)NC(=O)Oc1c(Br)cccc1I. The van der Waals surface area contributed by atoms with Crippen molar-refractivity contribution in [1.82, 2.24) is 5.32 Å². The summed E-state index contributed by atoms with van der Waals surface area (Å²) in [5, 5.41) is 2.66. The van der Waals surface area contributed by atoms with Crippen molar-refractivity contribution in [3.8, 4) is 5.75 Å². The van der Waals surface area contributed by atoms with Crippen molar-refractivity contribution in [2.75, 3.05) is 0 Å². The fourth-order valence-corrected chi connectivity index (χ4v) is 2.36. The molecule has 0 spiro atoms. The van der Waals surface area contributed by atoms with Gasteiger partial charge in [-0.25, -0.2) is 4.79 Å². The molecule has 0 aliphatic heterocycles. The standard InChI is InChI=1S/C10H11BrINO2/c1-6(2)13-10(14)15-9-7(11)4-3-5-8(9)12/h3-6H,1-2H3,(H,13,14). The topological polar surface area (TPSA) is 38.3 Å². The van der Waals surface area contributed by atoms with Crippen molar-refractivity contribution in [3.05, 3.63) is 26.2 Å². The Kier molecular flexibility index (Phi) is 4.85. The molecule has 0 atom stereocenters. The van der Waals surface area contributed by atoms with Gasteiger partial charge in [-0.15, -0.1) is 0 Å². The summed E-state index contributed by atoms with van der Waals surface area (Å²) < 4.78 is 6.84. The van der Waals surface area contributed by atoms with E-state index in [2.05, 4.69) is 43.8 Å². The van der Waals surface area contributed by atoms with E-state index < -0.39 is 6.09 Å². The van der Waals surface area contributed by atoms with Crippen LogP contribution in [0, 0.1) is 3.57 Å². The number of halogens is 2. The highest BCUT2D eigenvalue weighted by atomic mass is 127. The summed E-state index contributed by atoms with van der Waals surface area (Å²) >= 11 is 5.45. The van der Waals surface area contributed by atoms with Crippen molar-refractivity contribution in [1.29, 1.82) is 0 Å². The summed E-state index contributed by atoms with van der Waals surface area (Å²) in [5.41, 5.74) is 0. The molecule has 0 aromatic heterocycles. The van der Waals surface area contributed by atoms with Gasteiger partial charge in [0.05, 0.1) is 8.04 Å². The van der Waals surface area contributed by atoms with E-state index >= 15 is 0 Å². The number of hydrogen-bond acceptors (Lipinski definition) is 2. The fourth-order valence-electron chi connectivity index (χ4n) is 0.938. The van der Waals surface area contributed by atoms with Crippen molar-refractivity contribution < 1.29 is 9.53 Å². The quantitative estimate of drug-likeness (QED) is 0.793. The molecule has 0 bridgehead atoms. The van der Waals surface area contributed by atoms with Crippen molar-refractivity contribution in [3.63, 3.8) is 0 Å². The molecular weight excluding hydrogens is 373 g/mol. The summed E-state index contributed by atoms with van der Waals surface area (Å²) in [6.07, 6.45) is -0.435. The number of amides is 1. The van der Waals surface area contributed by atoms with Gasteiger partial charge in [0, 0.05) is 6.04 Å². The van der Waals surface area contributed by atoms with Gasteiger partial charge in [-0.1, -0.05) is 6.07 Å². The molecule has 0 saturated carbocycles. The van der Waals surface area contributed by atoms with Crippen LogP contribution in [0.2, 0.25) is 0 Å². The Bertz CT molecular complexity index is 348. The smallest absolute Gasteiger partial charge is 0.408 e. The molecule has 0 unspecified atom stereocenters. The molecule has 1 N–H and O–H groups in total. The number of carbonyl (C=O) groups excluding carboxylic acids is 1. The summed E-state index contributed by atoms with van der Waals surface area (Å²) in [7, 11) is 0. The second-order valence-corrected chi connectivity index (χ2v) is 5.26. The molecule has 0 radical (unpaired) electrons. The van der Waals surface area contributed by atoms with Gasteiger partial charge < -0.3 is 10.1 Å². The lowest BCUT2D eigenvalue weighted by Crippen LogP contribution is -2.32. The molecule has 5 heteroatoms. The minimum atomic E-state index is -0.435. The van der Waals surface area contributed by atoms with Gasteiger partial charge in [-0.3, -0.25) is 0 Å². The normalized spacial score (nSPS) is 10.2. The van der Waals surface area contributed by atoms with Crippen LogP contribution in [0.3, 0.4) is 0 Å². The third-order valence-corrected chi connectivity index (χ3v) is 2.99. The predicted octanol–water partition coefficient (Wildman–Crippen LogP) is 3.55. The van der Waals surface area contributed by atoms with E-state index in [1.165, 1.54) is 0 Å². The number of benzene rings is 1. The largest absolute Gasteiger partial charge is 0.412 e. The first-order valence-corrected chi connectivity index (χ1v) is 6.30. The zero-order valence-electron chi connectivity index (χ0n) is 8.38. The summed E-state index contributed by atoms with van der Waals surface area (Å²) in [6, 6.07) is 5.67. The fraction of sp³-hybridized carbons (Fsp3) is 0.300. The molecule has 1 rings (SSSR count). The molecular formula is C10H11BrINO2. The predicted molar refractivity (Wildman–Crippen MR) is 71.2 cm³/mol. The van der Waals surface area contributed by atoms with E-state index in [1.54, 1.807) is 0 Å². The maximum Gasteiger partial charge on any atom is 0.412 e. The molecule has 0 aliphatic rings. The Balaban J connectivity index is 2.76. The van der Waals surface area contributed by atoms with Crippen LogP contribution >= 0.6 is 38.5 Å². The second kappa shape index (κ2) is 5.69. The third kappa shape index (κ3) is 3.98. The first-order chi connectivity index (χ1) is 7.00. The van der Waals surface area contributed by atoms with Gasteiger partial charge in [0.1, 0.15) is 0 Å². The minimum Gasteiger partial charge on any atom is -0.408 e. The van der Waals surface area contributed by atoms with Gasteiger partial charge in [0.25, 0.3) is 0 Å². The Hall–Kier alpha value is -0.300. The zero-order chi connectivity index (χ0) is 11.4. The molecule has 0 saturated heterocycles. The molecule has 1 amide bonds. The van der Waals surface area contributed by atoms with Crippen molar-refractivity contribution >= 4 is 44.6 Å². The Morgan fingerprint density at radius 1 is 1.53 bits per heavy atom. The molecule has 15 heavy (non-hydrogen) atoms. The first-order valence-electron chi connectivity index (χ1n) is 4.43. The average molecular weight is 384 g/mol. The van der Waals surface area contributed by atoms with E-state index in [1.807, 2.05) is 32.0 Å². The van der Waals surface area contributed by atoms with E-state index in [4.69, 9.17) is 4.74 Å². The second-order valence-electron chi connectivity index (χ2n) is 3.24. The van der Waals surface area contributed by atoms with Gasteiger partial charge >= 0.3 is 6.09 Å². The maximum atomic E-state index is 11.4. The number of hydrogen-bond donors (Lipinski definition) is 1. The van der Waals surface area contributed by atoms with Crippen LogP contribution < -0.4 is 10.1 Å². The molecule has 0 aliphatic carbocycles. The maximum absolute atomic E-state index is 11.4. The average Bonchev–Trinajstić information content (AvgIpc) is 2.10. The van der Waals surface area contributed by atoms with E-state index in [9.17, 15) is 4.79 Å². The van der Waals surface area contributed by atoms with Crippen LogP contribution in [-0.4, -0.2) is 12.1 Å². The van der Waals surface area contributed by atoms with Gasteiger partial charge in [0.2, 0.25) is 0 Å². The van der Waals surface area contributed by atoms with Crippen LogP contribution in [0.5, 0.6) is 5.75 Å². The number of para-hydroxylation sites is 1. The Labute approximate surface area is 111 Å². The molecule has 0 fully saturated rings. The molecule has 3 nitrogen and oxygen atoms in total. The van der Waals surface area contributed by atoms with E-state index in [-0.39, 0.29) is 6.04 Å². The lowest BCUT2D eigenvalue weighted by atomic mass is 10.3. The summed E-state index contributed by atoms with van der Waals surface area (Å²) in [6.45, 7) is 3.76. The van der Waals surface area contributed by atoms with Crippen LogP contribution in [0.4, 0.5) is 4.79 Å². The summed E-state index contributed by atoms with van der Waals surface area (Å²) in [5.74, 6) is 0.552. The highest BCUT2D eigenvalue weighted by molar-refractivity contribution is 14.1. The van der Waals surface area contributed by atoms with Gasteiger partial charge in [-0.2, -0.15) is 0 Å². The summed E-state index contributed by atoms with van der Waals surface area (Å²) in [4.78, 5) is 11.4. The number of ether oxygens (including phenoxy) is 1. The Morgan fingerprint density at radius 3 is 2.73 bits per heavy atom. The van der Waals surface area contributed by atoms with Crippen LogP contribution in [-0.2, 0) is 0 Å². The Morgan fingerprint density at radius 2 is 2.20 bits per heavy atom. The molecule has 1 aromatic carbocycles. The molecule has 0 heterocycles.